The number of carbonyl (C=O) groups excluding carboxylic acids is 1. The summed E-state index contributed by atoms with van der Waals surface area (Å²) in [4.78, 5) is 19.3. The fourth-order valence-corrected chi connectivity index (χ4v) is 3.52. The molecule has 4 nitrogen and oxygen atoms in total. The van der Waals surface area contributed by atoms with Gasteiger partial charge in [-0.1, -0.05) is 36.4 Å². The summed E-state index contributed by atoms with van der Waals surface area (Å²) in [5, 5.41) is 3.02. The van der Waals surface area contributed by atoms with Gasteiger partial charge in [0.1, 0.15) is 0 Å². The number of anilines is 2. The average molecular weight is 357 g/mol. The molecule has 0 unspecified atom stereocenters. The van der Waals surface area contributed by atoms with E-state index in [9.17, 15) is 4.79 Å². The summed E-state index contributed by atoms with van der Waals surface area (Å²) in [5.41, 5.74) is 7.40. The van der Waals surface area contributed by atoms with Crippen molar-refractivity contribution in [1.82, 2.24) is 4.98 Å². The van der Waals surface area contributed by atoms with Gasteiger partial charge in [-0.25, -0.2) is 0 Å². The quantitative estimate of drug-likeness (QED) is 0.750. The molecule has 27 heavy (non-hydrogen) atoms. The molecule has 1 aromatic heterocycles. The molecule has 1 amide bonds. The Hall–Kier alpha value is -3.14. The topological polar surface area (TPSA) is 45.2 Å². The molecule has 1 aliphatic heterocycles. The largest absolute Gasteiger partial charge is 0.366 e. The van der Waals surface area contributed by atoms with Gasteiger partial charge in [-0.15, -0.1) is 0 Å². The van der Waals surface area contributed by atoms with E-state index in [2.05, 4.69) is 39.5 Å². The lowest BCUT2D eigenvalue weighted by Gasteiger charge is -2.30. The lowest BCUT2D eigenvalue weighted by molar-refractivity contribution is 0.102. The second kappa shape index (κ2) is 7.23. The summed E-state index contributed by atoms with van der Waals surface area (Å²) in [6, 6.07) is 16.4. The number of hydrogen-bond acceptors (Lipinski definition) is 3. The predicted octanol–water partition coefficient (Wildman–Crippen LogP) is 4.51. The third-order valence-electron chi connectivity index (χ3n) is 5.33. The van der Waals surface area contributed by atoms with Gasteiger partial charge in [0.05, 0.1) is 17.4 Å². The minimum absolute atomic E-state index is 0.129. The van der Waals surface area contributed by atoms with Crippen LogP contribution in [0, 0.1) is 13.8 Å². The molecule has 0 spiro atoms. The Labute approximate surface area is 159 Å². The van der Waals surface area contributed by atoms with Crippen LogP contribution in [0.5, 0.6) is 0 Å². The summed E-state index contributed by atoms with van der Waals surface area (Å²) < 4.78 is 0. The molecular weight excluding hydrogens is 334 g/mol. The van der Waals surface area contributed by atoms with Crippen LogP contribution in [0.25, 0.3) is 0 Å². The zero-order valence-electron chi connectivity index (χ0n) is 15.7. The van der Waals surface area contributed by atoms with Crippen LogP contribution < -0.4 is 10.2 Å². The molecule has 0 radical (unpaired) electrons. The van der Waals surface area contributed by atoms with Crippen molar-refractivity contribution in [2.24, 2.45) is 0 Å². The minimum atomic E-state index is -0.129. The highest BCUT2D eigenvalue weighted by atomic mass is 16.1. The van der Waals surface area contributed by atoms with Gasteiger partial charge < -0.3 is 10.2 Å². The number of nitrogens with zero attached hydrogens (tertiary/aromatic N) is 2. The number of pyridine rings is 1. The molecule has 4 heteroatoms. The fourth-order valence-electron chi connectivity index (χ4n) is 3.52. The number of aromatic nitrogens is 1. The zero-order valence-corrected chi connectivity index (χ0v) is 15.7. The van der Waals surface area contributed by atoms with Crippen molar-refractivity contribution in [2.75, 3.05) is 16.8 Å². The van der Waals surface area contributed by atoms with E-state index < -0.39 is 0 Å². The molecule has 0 bridgehead atoms. The lowest BCUT2D eigenvalue weighted by Crippen LogP contribution is -2.30. The highest BCUT2D eigenvalue weighted by Crippen LogP contribution is 2.25. The van der Waals surface area contributed by atoms with Gasteiger partial charge in [0.15, 0.2) is 0 Å². The minimum Gasteiger partial charge on any atom is -0.366 e. The first kappa shape index (κ1) is 17.3. The Morgan fingerprint density at radius 1 is 1.04 bits per heavy atom. The van der Waals surface area contributed by atoms with Gasteiger partial charge >= 0.3 is 0 Å². The number of benzene rings is 2. The van der Waals surface area contributed by atoms with Gasteiger partial charge in [0.2, 0.25) is 0 Å². The second-order valence-corrected chi connectivity index (χ2v) is 7.07. The van der Waals surface area contributed by atoms with E-state index in [4.69, 9.17) is 0 Å². The molecule has 1 N–H and O–H groups in total. The summed E-state index contributed by atoms with van der Waals surface area (Å²) in [5.74, 6) is -0.129. The standard InChI is InChI=1S/C23H23N3O/c1-16-6-5-9-22(17(16)2)25-23(27)20-12-21(14-24-13-20)26-11-10-18-7-3-4-8-19(18)15-26/h3-9,12-14H,10-11,15H2,1-2H3,(H,25,27). The second-order valence-electron chi connectivity index (χ2n) is 7.07. The van der Waals surface area contributed by atoms with Gasteiger partial charge in [-0.05, 0) is 54.7 Å². The number of nitrogens with one attached hydrogen (secondary N) is 1. The van der Waals surface area contributed by atoms with Crippen LogP contribution in [-0.2, 0) is 13.0 Å². The molecule has 0 atom stereocenters. The number of fused-ring (bicyclic) bond motifs is 1. The third kappa shape index (κ3) is 3.56. The number of amides is 1. The third-order valence-corrected chi connectivity index (χ3v) is 5.33. The normalized spacial score (nSPS) is 13.2. The van der Waals surface area contributed by atoms with E-state index in [1.807, 2.05) is 44.3 Å². The van der Waals surface area contributed by atoms with Crippen molar-refractivity contribution in [3.8, 4) is 0 Å². The van der Waals surface area contributed by atoms with Crippen molar-refractivity contribution in [2.45, 2.75) is 26.8 Å². The molecule has 136 valence electrons. The molecule has 2 aromatic carbocycles. The number of rotatable bonds is 3. The Kier molecular flexibility index (Phi) is 4.63. The highest BCUT2D eigenvalue weighted by Gasteiger charge is 2.18. The van der Waals surface area contributed by atoms with Crippen molar-refractivity contribution < 1.29 is 4.79 Å². The SMILES string of the molecule is Cc1cccc(NC(=O)c2cncc(N3CCc4ccccc4C3)c2)c1C. The van der Waals surface area contributed by atoms with Crippen LogP contribution in [0.15, 0.2) is 60.9 Å². The van der Waals surface area contributed by atoms with E-state index in [-0.39, 0.29) is 5.91 Å². The monoisotopic (exact) mass is 357 g/mol. The summed E-state index contributed by atoms with van der Waals surface area (Å²) in [7, 11) is 0. The summed E-state index contributed by atoms with van der Waals surface area (Å²) in [6.45, 7) is 5.84. The van der Waals surface area contributed by atoms with Crippen molar-refractivity contribution >= 4 is 17.3 Å². The average Bonchev–Trinajstić information content (AvgIpc) is 2.71. The Bertz CT molecular complexity index is 996. The highest BCUT2D eigenvalue weighted by molar-refractivity contribution is 6.05. The Morgan fingerprint density at radius 3 is 2.70 bits per heavy atom. The van der Waals surface area contributed by atoms with E-state index >= 15 is 0 Å². The van der Waals surface area contributed by atoms with Gasteiger partial charge in [0.25, 0.3) is 5.91 Å². The molecule has 2 heterocycles. The van der Waals surface area contributed by atoms with E-state index in [0.717, 1.165) is 42.0 Å². The maximum absolute atomic E-state index is 12.7. The van der Waals surface area contributed by atoms with Gasteiger partial charge in [-0.3, -0.25) is 9.78 Å². The van der Waals surface area contributed by atoms with Crippen molar-refractivity contribution in [1.29, 1.82) is 0 Å². The smallest absolute Gasteiger partial charge is 0.257 e. The first-order valence-electron chi connectivity index (χ1n) is 9.26. The van der Waals surface area contributed by atoms with Crippen LogP contribution in [0.2, 0.25) is 0 Å². The first-order valence-corrected chi connectivity index (χ1v) is 9.26. The lowest BCUT2D eigenvalue weighted by atomic mass is 9.99. The molecule has 4 rings (SSSR count). The fraction of sp³-hybridized carbons (Fsp3) is 0.217. The van der Waals surface area contributed by atoms with Gasteiger partial charge in [0, 0.05) is 25.0 Å². The Morgan fingerprint density at radius 2 is 1.85 bits per heavy atom. The predicted molar refractivity (Wildman–Crippen MR) is 109 cm³/mol. The van der Waals surface area contributed by atoms with Crippen LogP contribution in [-0.4, -0.2) is 17.4 Å². The molecule has 0 aliphatic carbocycles. The maximum Gasteiger partial charge on any atom is 0.257 e. The molecule has 0 fully saturated rings. The van der Waals surface area contributed by atoms with E-state index in [0.29, 0.717) is 5.56 Å². The summed E-state index contributed by atoms with van der Waals surface area (Å²) in [6.07, 6.45) is 4.47. The van der Waals surface area contributed by atoms with Crippen molar-refractivity contribution in [3.05, 3.63) is 88.7 Å². The molecule has 0 saturated heterocycles. The number of carbonyl (C=O) groups is 1. The van der Waals surface area contributed by atoms with Crippen LogP contribution in [0.1, 0.15) is 32.6 Å². The number of aryl methyl sites for hydroxylation is 1. The molecule has 3 aromatic rings. The van der Waals surface area contributed by atoms with Crippen molar-refractivity contribution in [3.63, 3.8) is 0 Å². The maximum atomic E-state index is 12.7. The van der Waals surface area contributed by atoms with E-state index in [1.54, 1.807) is 6.20 Å². The van der Waals surface area contributed by atoms with E-state index in [1.165, 1.54) is 11.1 Å². The van der Waals surface area contributed by atoms with Crippen LogP contribution >= 0.6 is 0 Å². The zero-order chi connectivity index (χ0) is 18.8. The molecule has 1 aliphatic rings. The van der Waals surface area contributed by atoms with Gasteiger partial charge in [-0.2, -0.15) is 0 Å². The Balaban J connectivity index is 1.54. The molecule has 0 saturated carbocycles. The summed E-state index contributed by atoms with van der Waals surface area (Å²) >= 11 is 0. The first-order chi connectivity index (χ1) is 13.1. The molecular formula is C23H23N3O. The van der Waals surface area contributed by atoms with Crippen LogP contribution in [0.3, 0.4) is 0 Å². The van der Waals surface area contributed by atoms with Crippen LogP contribution in [0.4, 0.5) is 11.4 Å². The number of hydrogen-bond donors (Lipinski definition) is 1.